The van der Waals surface area contributed by atoms with E-state index in [1.807, 2.05) is 6.92 Å². The van der Waals surface area contributed by atoms with Crippen LogP contribution in [0.2, 0.25) is 5.02 Å². The Labute approximate surface area is 165 Å². The van der Waals surface area contributed by atoms with Crippen LogP contribution in [0.1, 0.15) is 19.8 Å². The van der Waals surface area contributed by atoms with E-state index in [0.29, 0.717) is 35.2 Å². The van der Waals surface area contributed by atoms with Gasteiger partial charge in [-0.15, -0.1) is 0 Å². The van der Waals surface area contributed by atoms with Crippen molar-refractivity contribution in [3.63, 3.8) is 0 Å². The molecule has 0 heterocycles. The highest BCUT2D eigenvalue weighted by molar-refractivity contribution is 7.92. The van der Waals surface area contributed by atoms with Gasteiger partial charge in [0, 0.05) is 23.7 Å². The van der Waals surface area contributed by atoms with Crippen LogP contribution in [0.25, 0.3) is 0 Å². The number of nitrogens with zero attached hydrogens (tertiary/aromatic N) is 1. The second kappa shape index (κ2) is 9.62. The average Bonchev–Trinajstić information content (AvgIpc) is 2.59. The van der Waals surface area contributed by atoms with E-state index in [4.69, 9.17) is 16.3 Å². The predicted octanol–water partition coefficient (Wildman–Crippen LogP) is 3.92. The van der Waals surface area contributed by atoms with Crippen molar-refractivity contribution in [2.75, 3.05) is 29.0 Å². The lowest BCUT2D eigenvalue weighted by molar-refractivity contribution is -0.116. The van der Waals surface area contributed by atoms with Gasteiger partial charge in [0.15, 0.2) is 0 Å². The zero-order valence-corrected chi connectivity index (χ0v) is 16.9. The summed E-state index contributed by atoms with van der Waals surface area (Å²) in [5.41, 5.74) is 1.08. The molecule has 0 saturated heterocycles. The van der Waals surface area contributed by atoms with E-state index in [1.165, 1.54) is 4.31 Å². The summed E-state index contributed by atoms with van der Waals surface area (Å²) in [6.07, 6.45) is 1.68. The van der Waals surface area contributed by atoms with Gasteiger partial charge in [-0.25, -0.2) is 8.42 Å². The number of nitrogens with one attached hydrogen (secondary N) is 1. The van der Waals surface area contributed by atoms with Gasteiger partial charge in [-0.3, -0.25) is 9.10 Å². The van der Waals surface area contributed by atoms with Crippen molar-refractivity contribution in [2.45, 2.75) is 19.8 Å². The smallest absolute Gasteiger partial charge is 0.232 e. The highest BCUT2D eigenvalue weighted by Crippen LogP contribution is 2.30. The average molecular weight is 411 g/mol. The summed E-state index contributed by atoms with van der Waals surface area (Å²) in [5.74, 6) is 0.289. The fraction of sp³-hybridized carbons (Fsp3) is 0.316. The highest BCUT2D eigenvalue weighted by atomic mass is 35.5. The predicted molar refractivity (Wildman–Crippen MR) is 109 cm³/mol. The maximum Gasteiger partial charge on any atom is 0.232 e. The first kappa shape index (κ1) is 21.1. The van der Waals surface area contributed by atoms with E-state index >= 15 is 0 Å². The number of benzene rings is 2. The van der Waals surface area contributed by atoms with Gasteiger partial charge in [0.1, 0.15) is 5.75 Å². The summed E-state index contributed by atoms with van der Waals surface area (Å²) < 4.78 is 31.3. The van der Waals surface area contributed by atoms with Gasteiger partial charge in [0.2, 0.25) is 15.9 Å². The van der Waals surface area contributed by atoms with Crippen molar-refractivity contribution < 1.29 is 17.9 Å². The van der Waals surface area contributed by atoms with Crippen LogP contribution in [-0.4, -0.2) is 33.7 Å². The molecule has 27 heavy (non-hydrogen) atoms. The largest absolute Gasteiger partial charge is 0.492 e. The maximum atomic E-state index is 12.2. The third-order valence-electron chi connectivity index (χ3n) is 3.71. The second-order valence-corrected chi connectivity index (χ2v) is 8.24. The van der Waals surface area contributed by atoms with Crippen molar-refractivity contribution >= 4 is 38.9 Å². The number of hydrogen-bond acceptors (Lipinski definition) is 4. The van der Waals surface area contributed by atoms with Crippen molar-refractivity contribution in [1.82, 2.24) is 0 Å². The van der Waals surface area contributed by atoms with Gasteiger partial charge < -0.3 is 10.1 Å². The number of carbonyl (C=O) groups is 1. The summed E-state index contributed by atoms with van der Waals surface area (Å²) in [6, 6.07) is 13.8. The molecule has 8 heteroatoms. The van der Waals surface area contributed by atoms with Gasteiger partial charge >= 0.3 is 0 Å². The first-order valence-electron chi connectivity index (χ1n) is 8.56. The lowest BCUT2D eigenvalue weighted by atomic mass is 10.2. The summed E-state index contributed by atoms with van der Waals surface area (Å²) in [7, 11) is -3.52. The number of anilines is 2. The molecule has 1 amide bonds. The SMILES string of the molecule is CCOc1ccccc1N(CCCC(=O)Nc1cccc(Cl)c1)S(C)(=O)=O. The van der Waals surface area contributed by atoms with E-state index in [1.54, 1.807) is 48.5 Å². The molecule has 0 aliphatic rings. The molecule has 6 nitrogen and oxygen atoms in total. The minimum Gasteiger partial charge on any atom is -0.492 e. The minimum atomic E-state index is -3.52. The van der Waals surface area contributed by atoms with Crippen molar-refractivity contribution in [3.05, 3.63) is 53.6 Å². The van der Waals surface area contributed by atoms with Crippen molar-refractivity contribution in [1.29, 1.82) is 0 Å². The van der Waals surface area contributed by atoms with Crippen LogP contribution < -0.4 is 14.4 Å². The summed E-state index contributed by atoms with van der Waals surface area (Å²) in [5, 5.41) is 3.28. The first-order valence-corrected chi connectivity index (χ1v) is 10.8. The molecular formula is C19H23ClN2O4S. The second-order valence-electron chi connectivity index (χ2n) is 5.90. The Kier molecular flexibility index (Phi) is 7.50. The first-order chi connectivity index (χ1) is 12.8. The molecule has 146 valence electrons. The monoisotopic (exact) mass is 410 g/mol. The van der Waals surface area contributed by atoms with E-state index < -0.39 is 10.0 Å². The molecule has 0 atom stereocenters. The molecule has 0 unspecified atom stereocenters. The molecular weight excluding hydrogens is 388 g/mol. The third-order valence-corrected chi connectivity index (χ3v) is 5.12. The number of halogens is 1. The van der Waals surface area contributed by atoms with E-state index in [0.717, 1.165) is 6.26 Å². The van der Waals surface area contributed by atoms with Crippen LogP contribution in [0.5, 0.6) is 5.75 Å². The number of rotatable bonds is 9. The number of hydrogen-bond donors (Lipinski definition) is 1. The van der Waals surface area contributed by atoms with E-state index in [-0.39, 0.29) is 18.9 Å². The van der Waals surface area contributed by atoms with Crippen molar-refractivity contribution in [2.24, 2.45) is 0 Å². The van der Waals surface area contributed by atoms with Crippen LogP contribution in [-0.2, 0) is 14.8 Å². The van der Waals surface area contributed by atoms with Crippen molar-refractivity contribution in [3.8, 4) is 5.75 Å². The normalized spacial score (nSPS) is 11.1. The van der Waals surface area contributed by atoms with E-state index in [9.17, 15) is 13.2 Å². The van der Waals surface area contributed by atoms with Gasteiger partial charge in [-0.05, 0) is 43.7 Å². The fourth-order valence-electron chi connectivity index (χ4n) is 2.58. The Balaban J connectivity index is 2.03. The summed E-state index contributed by atoms with van der Waals surface area (Å²) in [4.78, 5) is 12.1. The molecule has 0 spiro atoms. The molecule has 2 aromatic carbocycles. The van der Waals surface area contributed by atoms with Crippen LogP contribution in [0, 0.1) is 0 Å². The zero-order valence-electron chi connectivity index (χ0n) is 15.3. The van der Waals surface area contributed by atoms with Crippen LogP contribution in [0.3, 0.4) is 0 Å². The quantitative estimate of drug-likeness (QED) is 0.679. The van der Waals surface area contributed by atoms with Gasteiger partial charge in [-0.1, -0.05) is 29.8 Å². The van der Waals surface area contributed by atoms with Gasteiger partial charge in [0.05, 0.1) is 18.6 Å². The Bertz CT molecular complexity index is 887. The Morgan fingerprint density at radius 3 is 2.59 bits per heavy atom. The zero-order chi connectivity index (χ0) is 19.9. The van der Waals surface area contributed by atoms with Crippen LogP contribution in [0.15, 0.2) is 48.5 Å². The molecule has 2 aromatic rings. The molecule has 0 aliphatic heterocycles. The van der Waals surface area contributed by atoms with Crippen LogP contribution >= 0.6 is 11.6 Å². The molecule has 0 aromatic heterocycles. The number of sulfonamides is 1. The van der Waals surface area contributed by atoms with Crippen LogP contribution in [0.4, 0.5) is 11.4 Å². The Hall–Kier alpha value is -2.25. The molecule has 2 rings (SSSR count). The fourth-order valence-corrected chi connectivity index (χ4v) is 3.74. The Morgan fingerprint density at radius 2 is 1.93 bits per heavy atom. The standard InChI is InChI=1S/C19H23ClN2O4S/c1-3-26-18-11-5-4-10-17(18)22(27(2,24)25)13-7-12-19(23)21-16-9-6-8-15(20)14-16/h4-6,8-11,14H,3,7,12-13H2,1-2H3,(H,21,23). The molecule has 0 saturated carbocycles. The number of amides is 1. The van der Waals surface area contributed by atoms with Gasteiger partial charge in [-0.2, -0.15) is 0 Å². The minimum absolute atomic E-state index is 0.173. The Morgan fingerprint density at radius 1 is 1.19 bits per heavy atom. The highest BCUT2D eigenvalue weighted by Gasteiger charge is 2.21. The third kappa shape index (κ3) is 6.45. The number of para-hydroxylation sites is 2. The lowest BCUT2D eigenvalue weighted by Gasteiger charge is -2.24. The number of ether oxygens (including phenoxy) is 1. The molecule has 0 radical (unpaired) electrons. The molecule has 0 bridgehead atoms. The lowest BCUT2D eigenvalue weighted by Crippen LogP contribution is -2.31. The molecule has 1 N–H and O–H groups in total. The molecule has 0 aliphatic carbocycles. The van der Waals surface area contributed by atoms with Gasteiger partial charge in [0.25, 0.3) is 0 Å². The maximum absolute atomic E-state index is 12.2. The molecule has 0 fully saturated rings. The topological polar surface area (TPSA) is 75.7 Å². The number of carbonyl (C=O) groups excluding carboxylic acids is 1. The van der Waals surface area contributed by atoms with E-state index in [2.05, 4.69) is 5.32 Å². The summed E-state index contributed by atoms with van der Waals surface area (Å²) in [6.45, 7) is 2.43. The summed E-state index contributed by atoms with van der Waals surface area (Å²) >= 11 is 5.90.